The molecular formula is C22H22BrNO2. The lowest BCUT2D eigenvalue weighted by Gasteiger charge is -2.28. The third kappa shape index (κ3) is 2.71. The van der Waals surface area contributed by atoms with Crippen molar-refractivity contribution in [2.75, 3.05) is 4.90 Å². The van der Waals surface area contributed by atoms with Gasteiger partial charge in [-0.2, -0.15) is 0 Å². The molecule has 4 heteroatoms. The molecule has 0 N–H and O–H groups in total. The van der Waals surface area contributed by atoms with Gasteiger partial charge in [-0.05, 0) is 67.9 Å². The highest BCUT2D eigenvalue weighted by molar-refractivity contribution is 9.10. The van der Waals surface area contributed by atoms with E-state index in [1.807, 2.05) is 44.2 Å². The Morgan fingerprint density at radius 3 is 2.31 bits per heavy atom. The van der Waals surface area contributed by atoms with E-state index in [-0.39, 0.29) is 23.7 Å². The van der Waals surface area contributed by atoms with Crippen molar-refractivity contribution in [3.05, 3.63) is 63.6 Å². The van der Waals surface area contributed by atoms with Gasteiger partial charge in [0.2, 0.25) is 11.8 Å². The van der Waals surface area contributed by atoms with Crippen LogP contribution in [0.5, 0.6) is 0 Å². The summed E-state index contributed by atoms with van der Waals surface area (Å²) in [6.45, 7) is 3.98. The molecule has 3 nitrogen and oxygen atoms in total. The Morgan fingerprint density at radius 2 is 1.58 bits per heavy atom. The smallest absolute Gasteiger partial charge is 0.237 e. The van der Waals surface area contributed by atoms with Gasteiger partial charge in [0, 0.05) is 4.47 Å². The highest BCUT2D eigenvalue weighted by Crippen LogP contribution is 2.46. The van der Waals surface area contributed by atoms with Crippen molar-refractivity contribution in [3.63, 3.8) is 0 Å². The van der Waals surface area contributed by atoms with Gasteiger partial charge in [-0.1, -0.05) is 46.3 Å². The van der Waals surface area contributed by atoms with Crippen molar-refractivity contribution in [1.82, 2.24) is 0 Å². The van der Waals surface area contributed by atoms with Crippen LogP contribution in [0.15, 0.2) is 46.9 Å². The molecule has 134 valence electrons. The van der Waals surface area contributed by atoms with Gasteiger partial charge in [0.1, 0.15) is 0 Å². The summed E-state index contributed by atoms with van der Waals surface area (Å²) in [5.74, 6) is -0.0284. The van der Waals surface area contributed by atoms with Crippen molar-refractivity contribution in [2.24, 2.45) is 11.8 Å². The molecule has 0 spiro atoms. The van der Waals surface area contributed by atoms with Crippen molar-refractivity contribution in [3.8, 4) is 0 Å². The Balaban J connectivity index is 1.65. The topological polar surface area (TPSA) is 37.4 Å². The Hall–Kier alpha value is -1.94. The zero-order valence-electron chi connectivity index (χ0n) is 15.0. The van der Waals surface area contributed by atoms with Crippen LogP contribution in [0.3, 0.4) is 0 Å². The maximum absolute atomic E-state index is 13.2. The summed E-state index contributed by atoms with van der Waals surface area (Å²) in [6.07, 6.45) is 2.53. The minimum Gasteiger partial charge on any atom is -0.274 e. The fourth-order valence-corrected chi connectivity index (χ4v) is 4.89. The first-order chi connectivity index (χ1) is 12.5. The van der Waals surface area contributed by atoms with Crippen LogP contribution in [0.25, 0.3) is 0 Å². The van der Waals surface area contributed by atoms with E-state index in [4.69, 9.17) is 0 Å². The number of halogens is 1. The third-order valence-electron chi connectivity index (χ3n) is 6.13. The maximum Gasteiger partial charge on any atom is 0.237 e. The Bertz CT molecular complexity index is 877. The van der Waals surface area contributed by atoms with Crippen molar-refractivity contribution in [1.29, 1.82) is 0 Å². The van der Waals surface area contributed by atoms with Crippen LogP contribution in [0, 0.1) is 25.7 Å². The molecule has 26 heavy (non-hydrogen) atoms. The molecule has 1 saturated carbocycles. The molecule has 1 saturated heterocycles. The quantitative estimate of drug-likeness (QED) is 0.641. The van der Waals surface area contributed by atoms with E-state index in [2.05, 4.69) is 28.1 Å². The number of hydrogen-bond donors (Lipinski definition) is 0. The molecule has 0 aromatic heterocycles. The molecular weight excluding hydrogens is 390 g/mol. The molecule has 2 aromatic carbocycles. The molecule has 0 bridgehead atoms. The van der Waals surface area contributed by atoms with E-state index in [0.29, 0.717) is 5.92 Å². The molecule has 0 radical (unpaired) electrons. The van der Waals surface area contributed by atoms with Gasteiger partial charge < -0.3 is 0 Å². The fraction of sp³-hybridized carbons (Fsp3) is 0.364. The third-order valence-corrected chi connectivity index (χ3v) is 6.99. The molecule has 4 rings (SSSR count). The van der Waals surface area contributed by atoms with E-state index < -0.39 is 0 Å². The van der Waals surface area contributed by atoms with Crippen LogP contribution in [-0.4, -0.2) is 11.8 Å². The van der Waals surface area contributed by atoms with E-state index in [1.165, 1.54) is 10.5 Å². The van der Waals surface area contributed by atoms with Gasteiger partial charge in [0.15, 0.2) is 0 Å². The second kappa shape index (κ2) is 6.66. The van der Waals surface area contributed by atoms with Crippen LogP contribution in [-0.2, 0) is 9.59 Å². The Morgan fingerprint density at radius 1 is 0.885 bits per heavy atom. The number of imide groups is 1. The highest BCUT2D eigenvalue weighted by Gasteiger charge is 2.51. The average molecular weight is 412 g/mol. The van der Waals surface area contributed by atoms with Crippen LogP contribution in [0.1, 0.15) is 41.9 Å². The number of anilines is 1. The monoisotopic (exact) mass is 411 g/mol. The molecule has 2 aromatic rings. The number of benzene rings is 2. The predicted octanol–water partition coefficient (Wildman–Crippen LogP) is 5.14. The molecule has 2 aliphatic rings. The summed E-state index contributed by atoms with van der Waals surface area (Å²) < 4.78 is 0.999. The summed E-state index contributed by atoms with van der Waals surface area (Å²) in [5.41, 5.74) is 4.08. The summed E-state index contributed by atoms with van der Waals surface area (Å²) in [4.78, 5) is 27.7. The molecule has 0 unspecified atom stereocenters. The molecule has 1 heterocycles. The number of rotatable bonds is 2. The minimum absolute atomic E-state index is 0.0173. The van der Waals surface area contributed by atoms with E-state index in [1.54, 1.807) is 0 Å². The van der Waals surface area contributed by atoms with Crippen LogP contribution >= 0.6 is 15.9 Å². The number of carbonyl (C=O) groups is 2. The minimum atomic E-state index is -0.190. The van der Waals surface area contributed by atoms with Gasteiger partial charge in [0.05, 0.1) is 17.5 Å². The van der Waals surface area contributed by atoms with Crippen molar-refractivity contribution >= 4 is 33.4 Å². The van der Waals surface area contributed by atoms with E-state index >= 15 is 0 Å². The Labute approximate surface area is 162 Å². The number of amides is 2. The summed E-state index contributed by atoms with van der Waals surface area (Å²) in [7, 11) is 0. The molecule has 1 aliphatic carbocycles. The molecule has 3 atom stereocenters. The summed E-state index contributed by atoms with van der Waals surface area (Å²) >= 11 is 3.53. The molecule has 2 amide bonds. The summed E-state index contributed by atoms with van der Waals surface area (Å²) in [6, 6.07) is 14.2. The Kier molecular flexibility index (Phi) is 4.47. The first-order valence-electron chi connectivity index (χ1n) is 9.17. The van der Waals surface area contributed by atoms with Gasteiger partial charge in [-0.3, -0.25) is 9.59 Å². The standard InChI is InChI=1S/C22H22BrNO2/c1-13-14(2)20(11-10-19(13)23)24-21(25)17-9-8-16(12-18(17)22(24)26)15-6-4-3-5-7-15/h3-7,10-11,16-18H,8-9,12H2,1-2H3/t16-,17+,18-/m0/s1. The molecule has 2 fully saturated rings. The highest BCUT2D eigenvalue weighted by atomic mass is 79.9. The predicted molar refractivity (Wildman–Crippen MR) is 106 cm³/mol. The van der Waals surface area contributed by atoms with Crippen LogP contribution in [0.4, 0.5) is 5.69 Å². The van der Waals surface area contributed by atoms with E-state index in [0.717, 1.165) is 40.5 Å². The first-order valence-corrected chi connectivity index (χ1v) is 9.96. The normalized spacial score (nSPS) is 25.5. The summed E-state index contributed by atoms with van der Waals surface area (Å²) in [5, 5.41) is 0. The lowest BCUT2D eigenvalue weighted by atomic mass is 9.73. The number of hydrogen-bond acceptors (Lipinski definition) is 2. The zero-order valence-corrected chi connectivity index (χ0v) is 16.6. The first kappa shape index (κ1) is 17.5. The van der Waals surface area contributed by atoms with Crippen molar-refractivity contribution in [2.45, 2.75) is 39.0 Å². The SMILES string of the molecule is Cc1c(Br)ccc(N2C(=O)[C@H]3C[C@@H](c4ccccc4)CC[C@H]3C2=O)c1C. The van der Waals surface area contributed by atoms with Gasteiger partial charge in [-0.15, -0.1) is 0 Å². The van der Waals surface area contributed by atoms with Gasteiger partial charge in [-0.25, -0.2) is 4.90 Å². The number of nitrogens with zero attached hydrogens (tertiary/aromatic N) is 1. The second-order valence-electron chi connectivity index (χ2n) is 7.46. The van der Waals surface area contributed by atoms with E-state index in [9.17, 15) is 9.59 Å². The number of fused-ring (bicyclic) bond motifs is 1. The van der Waals surface area contributed by atoms with Crippen molar-refractivity contribution < 1.29 is 9.59 Å². The average Bonchev–Trinajstić information content (AvgIpc) is 2.91. The van der Waals surface area contributed by atoms with Gasteiger partial charge >= 0.3 is 0 Å². The maximum atomic E-state index is 13.2. The fourth-order valence-electron chi connectivity index (χ4n) is 4.46. The number of carbonyl (C=O) groups excluding carboxylic acids is 2. The van der Waals surface area contributed by atoms with Crippen LogP contribution in [0.2, 0.25) is 0 Å². The largest absolute Gasteiger partial charge is 0.274 e. The lowest BCUT2D eigenvalue weighted by Crippen LogP contribution is -2.31. The van der Waals surface area contributed by atoms with Crippen LogP contribution < -0.4 is 4.90 Å². The second-order valence-corrected chi connectivity index (χ2v) is 8.32. The zero-order chi connectivity index (χ0) is 18.4. The lowest BCUT2D eigenvalue weighted by molar-refractivity contribution is -0.122. The van der Waals surface area contributed by atoms with Gasteiger partial charge in [0.25, 0.3) is 0 Å². The molecule has 1 aliphatic heterocycles.